The van der Waals surface area contributed by atoms with Crippen molar-refractivity contribution in [3.05, 3.63) is 277 Å². The van der Waals surface area contributed by atoms with Crippen molar-refractivity contribution in [1.82, 2.24) is 44.3 Å². The van der Waals surface area contributed by atoms with Crippen molar-refractivity contribution in [3.8, 4) is 125 Å². The lowest BCUT2D eigenvalue weighted by Crippen LogP contribution is -2.62. The Balaban J connectivity index is 0.666. The smallest absolute Gasteiger partial charge is 0.198 e. The molecule has 4 fully saturated rings. The first kappa shape index (κ1) is 80.5. The third kappa shape index (κ3) is 13.1. The molecule has 2 spiro atoms. The van der Waals surface area contributed by atoms with Gasteiger partial charge in [0.05, 0.1) is 0 Å². The van der Waals surface area contributed by atoms with E-state index in [1.807, 2.05) is 30.3 Å². The van der Waals surface area contributed by atoms with E-state index in [2.05, 4.69) is 268 Å². The van der Waals surface area contributed by atoms with E-state index in [1.165, 1.54) is 203 Å². The lowest BCUT2D eigenvalue weighted by Gasteiger charge is -2.67. The molecule has 4 bridgehead atoms. The Morgan fingerprint density at radius 2 is 0.639 bits per heavy atom. The number of para-hydroxylation sites is 3. The maximum atomic E-state index is 13.5. The monoisotopic (exact) mass is 1610 g/mol. The molecule has 0 amide bonds. The van der Waals surface area contributed by atoms with Gasteiger partial charge in [0.1, 0.15) is 5.75 Å². The van der Waals surface area contributed by atoms with Crippen LogP contribution in [0.25, 0.3) is 119 Å². The second kappa shape index (κ2) is 33.2. The molecule has 0 N–H and O–H groups in total. The summed E-state index contributed by atoms with van der Waals surface area (Å²) in [7, 11) is 0. The van der Waals surface area contributed by atoms with Gasteiger partial charge in [0.2, 0.25) is 0 Å². The van der Waals surface area contributed by atoms with Gasteiger partial charge in [0.25, 0.3) is 0 Å². The Kier molecular flexibility index (Phi) is 21.9. The van der Waals surface area contributed by atoms with Crippen LogP contribution >= 0.6 is 0 Å². The van der Waals surface area contributed by atoms with Crippen LogP contribution < -0.4 is 4.74 Å². The first-order valence-electron chi connectivity index (χ1n) is 46.6. The van der Waals surface area contributed by atoms with E-state index < -0.39 is 6.10 Å². The van der Waals surface area contributed by atoms with Crippen LogP contribution in [-0.2, 0) is 15.6 Å². The van der Waals surface area contributed by atoms with Gasteiger partial charge in [-0.15, -0.1) is 30.6 Å². The van der Waals surface area contributed by atoms with Gasteiger partial charge < -0.3 is 4.74 Å². The zero-order valence-corrected chi connectivity index (χ0v) is 72.9. The number of ketones is 1. The average molecular weight is 1610 g/mol. The summed E-state index contributed by atoms with van der Waals surface area (Å²) in [5, 5.41) is 31.0. The van der Waals surface area contributed by atoms with Crippen LogP contribution in [0.1, 0.15) is 249 Å². The Morgan fingerprint density at radius 1 is 0.344 bits per heavy atom. The molecule has 11 nitrogen and oxygen atoms in total. The minimum Gasteiger partial charge on any atom is -0.482 e. The largest absolute Gasteiger partial charge is 0.482 e. The van der Waals surface area contributed by atoms with Crippen LogP contribution in [0.2, 0.25) is 0 Å². The fraction of sp³-hybridized carbons (Fsp3) is 0.378. The Bertz CT molecular complexity index is 5900. The fourth-order valence-corrected chi connectivity index (χ4v) is 26.0. The number of benzene rings is 10. The summed E-state index contributed by atoms with van der Waals surface area (Å²) in [6.45, 7) is 20.1. The van der Waals surface area contributed by atoms with Gasteiger partial charge in [0.15, 0.2) is 46.8 Å². The summed E-state index contributed by atoms with van der Waals surface area (Å²) in [6, 6.07) is 87.6. The highest BCUT2D eigenvalue weighted by Gasteiger charge is 2.71. The molecule has 0 radical (unpaired) electrons. The fourth-order valence-electron chi connectivity index (χ4n) is 26.0. The SMILES string of the molecule is C=C(C)C(=O)C(CCCCCCCCC)Oc1ccc(-c2nnc(-c3ccc(-c4ccc5c(c4)C4(c6cc(-c7nnc(-c8ccc(-c9nnc(-c%10ccc%11c(c%10)C%10(c%12cc(C)ccc%12-%11)C%11(CCC)CCCC%10(CCC)CCC%11)n9-c9ccccc9)cc8)n7-c7ccccc7)ccc6-5)C5(CCC)CCCC4(CCC)CCC5)cc3)n2-c2ccccc2)cc1. The average Bonchev–Trinajstić information content (AvgIpc) is 1.48. The highest BCUT2D eigenvalue weighted by Crippen LogP contribution is 2.79. The number of unbranched alkanes of at least 4 members (excludes halogenated alkanes) is 6. The maximum Gasteiger partial charge on any atom is 0.198 e. The normalized spacial score (nSPS) is 21.8. The molecule has 0 aliphatic heterocycles. The Morgan fingerprint density at radius 3 is 0.992 bits per heavy atom. The summed E-state index contributed by atoms with van der Waals surface area (Å²) >= 11 is 0. The van der Waals surface area contributed by atoms with Crippen molar-refractivity contribution in [2.45, 2.75) is 245 Å². The van der Waals surface area contributed by atoms with E-state index in [0.717, 1.165) is 111 Å². The molecular formula is C111H119N9O2. The minimum absolute atomic E-state index is 0.0395. The van der Waals surface area contributed by atoms with Crippen LogP contribution in [0.5, 0.6) is 5.75 Å². The minimum atomic E-state index is -0.575. The number of Topliss-reactive ketones (excluding diaryl/α,β-unsaturated/α-hetero) is 1. The van der Waals surface area contributed by atoms with Crippen molar-refractivity contribution in [3.63, 3.8) is 0 Å². The van der Waals surface area contributed by atoms with Crippen LogP contribution in [-0.4, -0.2) is 56.2 Å². The first-order valence-corrected chi connectivity index (χ1v) is 46.6. The Labute approximate surface area is 723 Å². The zero-order valence-electron chi connectivity index (χ0n) is 72.9. The van der Waals surface area contributed by atoms with Crippen LogP contribution in [0.3, 0.4) is 0 Å². The molecule has 19 rings (SSSR count). The molecule has 3 heterocycles. The second-order valence-corrected chi connectivity index (χ2v) is 37.3. The van der Waals surface area contributed by atoms with Gasteiger partial charge in [-0.3, -0.25) is 18.5 Å². The molecule has 13 aromatic rings. The molecule has 6 aliphatic carbocycles. The molecule has 1 atom stereocenters. The highest BCUT2D eigenvalue weighted by molar-refractivity contribution is 5.98. The van der Waals surface area contributed by atoms with Gasteiger partial charge >= 0.3 is 0 Å². The zero-order chi connectivity index (χ0) is 83.4. The molecular weight excluding hydrogens is 1490 g/mol. The van der Waals surface area contributed by atoms with Gasteiger partial charge in [0, 0.05) is 61.3 Å². The van der Waals surface area contributed by atoms with Crippen LogP contribution in [0.15, 0.2) is 249 Å². The standard InChI is InChI=1S/C111H119N9O2/c1-9-14-15-16-17-18-28-39-98(99(121)76(6)7)122-89-54-49-82(50-55-89)103-113-112-100(118(103)86-33-22-19-23-34-86)79-43-41-78(42-44-79)83-51-57-91-93-59-53-85(75-97(93)111(95(91)73-83)108(62-12-4)68-31-70-109(111,63-13-5)71-32-69-108)105-117-115-102(120(105)88-37-26-21-27-38-88)81-47-45-80(46-48-81)101-114-116-104(119(101)87-35-24-20-25-36-87)84-52-58-92-90-56-40-77(8)72-94(90)110(96(92)74-84)106(60-10-2)64-29-66-107(110,61-11-3)67-30-65-106/h19-27,33-38,40-59,72-75,98H,6,9-18,28-32,39,60-71H2,1-5,7-8H3. The number of carbonyl (C=O) groups is 1. The van der Waals surface area contributed by atoms with E-state index in [-0.39, 0.29) is 38.3 Å². The van der Waals surface area contributed by atoms with Crippen LogP contribution in [0.4, 0.5) is 0 Å². The van der Waals surface area contributed by atoms with Crippen molar-refractivity contribution >= 4 is 5.78 Å². The number of hydrogen-bond acceptors (Lipinski definition) is 8. The summed E-state index contributed by atoms with van der Waals surface area (Å²) in [5.41, 5.74) is 25.1. The molecule has 11 heteroatoms. The predicted octanol–water partition coefficient (Wildman–Crippen LogP) is 28.9. The number of aryl methyl sites for hydroxylation is 1. The summed E-state index contributed by atoms with van der Waals surface area (Å²) < 4.78 is 13.3. The van der Waals surface area contributed by atoms with E-state index in [0.29, 0.717) is 17.7 Å². The number of carbonyl (C=O) groups excluding carboxylic acids is 1. The molecule has 4 saturated carbocycles. The third-order valence-electron chi connectivity index (χ3n) is 30.4. The first-order chi connectivity index (χ1) is 59.8. The lowest BCUT2D eigenvalue weighted by molar-refractivity contribution is -0.122. The number of rotatable bonds is 30. The van der Waals surface area contributed by atoms with E-state index in [1.54, 1.807) is 12.5 Å². The van der Waals surface area contributed by atoms with Crippen LogP contribution in [0, 0.1) is 28.6 Å². The molecule has 3 aromatic heterocycles. The van der Waals surface area contributed by atoms with Gasteiger partial charge in [-0.25, -0.2) is 0 Å². The van der Waals surface area contributed by atoms with E-state index >= 15 is 0 Å². The molecule has 122 heavy (non-hydrogen) atoms. The maximum absolute atomic E-state index is 13.5. The van der Waals surface area contributed by atoms with Gasteiger partial charge in [-0.2, -0.15) is 0 Å². The molecule has 620 valence electrons. The highest BCUT2D eigenvalue weighted by atomic mass is 16.5. The van der Waals surface area contributed by atoms with Crippen molar-refractivity contribution in [2.75, 3.05) is 0 Å². The van der Waals surface area contributed by atoms with Crippen molar-refractivity contribution in [1.29, 1.82) is 0 Å². The summed E-state index contributed by atoms with van der Waals surface area (Å²) in [4.78, 5) is 13.5. The van der Waals surface area contributed by atoms with E-state index in [4.69, 9.17) is 35.3 Å². The number of fused-ring (bicyclic) bond motifs is 6. The molecule has 0 saturated heterocycles. The quantitative estimate of drug-likeness (QED) is 0.0323. The second-order valence-electron chi connectivity index (χ2n) is 37.3. The molecule has 6 aliphatic rings. The van der Waals surface area contributed by atoms with E-state index in [9.17, 15) is 4.79 Å². The number of aromatic nitrogens is 9. The summed E-state index contributed by atoms with van der Waals surface area (Å²) in [6.07, 6.45) is 32.8. The predicted molar refractivity (Wildman–Crippen MR) is 498 cm³/mol. The van der Waals surface area contributed by atoms with Gasteiger partial charge in [-0.1, -0.05) is 294 Å². The molecule has 1 unspecified atom stereocenters. The number of ether oxygens (including phenoxy) is 1. The third-order valence-corrected chi connectivity index (χ3v) is 30.4. The van der Waals surface area contributed by atoms with Gasteiger partial charge in [-0.05, 0) is 265 Å². The van der Waals surface area contributed by atoms with Crippen molar-refractivity contribution in [2.24, 2.45) is 21.7 Å². The number of nitrogens with zero attached hydrogens (tertiary/aromatic N) is 9. The Hall–Kier alpha value is -11.2. The lowest BCUT2D eigenvalue weighted by atomic mass is 9.36. The van der Waals surface area contributed by atoms with Crippen molar-refractivity contribution < 1.29 is 9.53 Å². The topological polar surface area (TPSA) is 118 Å². The summed E-state index contributed by atoms with van der Waals surface area (Å²) in [5.74, 6) is 5.34. The molecule has 10 aromatic carbocycles. The number of hydrogen-bond donors (Lipinski definition) is 0.